The molecule has 1 saturated carbocycles. The number of anilines is 3. The summed E-state index contributed by atoms with van der Waals surface area (Å²) in [6, 6.07) is 2.35. The normalized spacial score (nSPS) is 21.1. The summed E-state index contributed by atoms with van der Waals surface area (Å²) in [4.78, 5) is 9.25. The first kappa shape index (κ1) is 15.3. The maximum absolute atomic E-state index is 9.67. The number of aromatic nitrogens is 4. The number of nitrogens with one attached hydrogen (secondary N) is 2. The average molecular weight is 344 g/mol. The molecule has 0 amide bonds. The van der Waals surface area contributed by atoms with Crippen LogP contribution < -0.4 is 10.6 Å². The molecule has 0 radical (unpaired) electrons. The Balaban J connectivity index is 1.60. The third-order valence-electron chi connectivity index (χ3n) is 4.30. The van der Waals surface area contributed by atoms with E-state index >= 15 is 0 Å². The van der Waals surface area contributed by atoms with Gasteiger partial charge in [-0.15, -0.1) is 11.3 Å². The maximum atomic E-state index is 9.67. The number of fused-ring (bicyclic) bond motifs is 1. The summed E-state index contributed by atoms with van der Waals surface area (Å²) in [7, 11) is 1.87. The van der Waals surface area contributed by atoms with Gasteiger partial charge in [-0.2, -0.15) is 10.1 Å². The molecule has 3 aromatic heterocycles. The molecule has 7 nitrogen and oxygen atoms in total. The summed E-state index contributed by atoms with van der Waals surface area (Å²) in [5.41, 5.74) is 1.79. The first-order valence-corrected chi connectivity index (χ1v) is 9.01. The minimum Gasteiger partial charge on any atom is -0.393 e. The van der Waals surface area contributed by atoms with Gasteiger partial charge in [-0.3, -0.25) is 4.68 Å². The summed E-state index contributed by atoms with van der Waals surface area (Å²) in [6.07, 6.45) is 7.09. The molecule has 3 heterocycles. The van der Waals surface area contributed by atoms with Crippen LogP contribution in [-0.4, -0.2) is 37.0 Å². The Hall–Kier alpha value is -2.19. The van der Waals surface area contributed by atoms with Gasteiger partial charge in [-0.25, -0.2) is 4.98 Å². The van der Waals surface area contributed by atoms with E-state index < -0.39 is 0 Å². The third kappa shape index (κ3) is 3.20. The Bertz CT molecular complexity index is 836. The van der Waals surface area contributed by atoms with Crippen LogP contribution in [-0.2, 0) is 7.05 Å². The Kier molecular flexibility index (Phi) is 4.07. The fourth-order valence-electron chi connectivity index (χ4n) is 3.05. The van der Waals surface area contributed by atoms with Crippen molar-refractivity contribution in [2.24, 2.45) is 7.05 Å². The van der Waals surface area contributed by atoms with Gasteiger partial charge >= 0.3 is 0 Å². The SMILES string of the molecule is Cn1cc(Nc2nc(N[C@H]3CC[C@H](O)CC3)c3sccc3n2)cn1. The van der Waals surface area contributed by atoms with Crippen LogP contribution in [0.3, 0.4) is 0 Å². The van der Waals surface area contributed by atoms with Crippen LogP contribution in [0.15, 0.2) is 23.8 Å². The number of aryl methyl sites for hydroxylation is 1. The fraction of sp³-hybridized carbons (Fsp3) is 0.438. The molecule has 126 valence electrons. The number of aliphatic hydroxyl groups excluding tert-OH is 1. The molecule has 24 heavy (non-hydrogen) atoms. The molecule has 0 unspecified atom stereocenters. The second kappa shape index (κ2) is 6.37. The zero-order valence-electron chi connectivity index (χ0n) is 13.4. The van der Waals surface area contributed by atoms with Crippen molar-refractivity contribution in [3.8, 4) is 0 Å². The highest BCUT2D eigenvalue weighted by Crippen LogP contribution is 2.30. The Morgan fingerprint density at radius 2 is 2.08 bits per heavy atom. The van der Waals surface area contributed by atoms with Crippen molar-refractivity contribution in [1.82, 2.24) is 19.7 Å². The van der Waals surface area contributed by atoms with Gasteiger partial charge in [0.05, 0.1) is 28.2 Å². The largest absolute Gasteiger partial charge is 0.393 e. The molecule has 1 aliphatic carbocycles. The van der Waals surface area contributed by atoms with Gasteiger partial charge in [-0.05, 0) is 37.1 Å². The zero-order chi connectivity index (χ0) is 16.5. The summed E-state index contributed by atoms with van der Waals surface area (Å²) >= 11 is 1.64. The quantitative estimate of drug-likeness (QED) is 0.674. The summed E-state index contributed by atoms with van der Waals surface area (Å²) in [5, 5.41) is 22.6. The van der Waals surface area contributed by atoms with Crippen LogP contribution in [0.25, 0.3) is 10.2 Å². The van der Waals surface area contributed by atoms with Gasteiger partial charge in [-0.1, -0.05) is 0 Å². The van der Waals surface area contributed by atoms with Crippen molar-refractivity contribution in [2.75, 3.05) is 10.6 Å². The lowest BCUT2D eigenvalue weighted by atomic mass is 9.93. The number of thiophene rings is 1. The monoisotopic (exact) mass is 344 g/mol. The van der Waals surface area contributed by atoms with Crippen LogP contribution in [0.2, 0.25) is 0 Å². The number of aliphatic hydroxyl groups is 1. The van der Waals surface area contributed by atoms with E-state index in [0.29, 0.717) is 12.0 Å². The fourth-order valence-corrected chi connectivity index (χ4v) is 3.83. The molecule has 1 aliphatic rings. The third-order valence-corrected chi connectivity index (χ3v) is 5.21. The van der Waals surface area contributed by atoms with Gasteiger partial charge in [0, 0.05) is 19.3 Å². The lowest BCUT2D eigenvalue weighted by molar-refractivity contribution is 0.126. The van der Waals surface area contributed by atoms with Gasteiger partial charge in [0.15, 0.2) is 0 Å². The smallest absolute Gasteiger partial charge is 0.229 e. The highest BCUT2D eigenvalue weighted by molar-refractivity contribution is 7.17. The number of hydrogen-bond donors (Lipinski definition) is 3. The summed E-state index contributed by atoms with van der Waals surface area (Å²) in [6.45, 7) is 0. The highest BCUT2D eigenvalue weighted by atomic mass is 32.1. The molecule has 0 atom stereocenters. The Labute approximate surface area is 143 Å². The maximum Gasteiger partial charge on any atom is 0.229 e. The molecule has 0 saturated heterocycles. The van der Waals surface area contributed by atoms with E-state index in [0.717, 1.165) is 47.4 Å². The lowest BCUT2D eigenvalue weighted by Crippen LogP contribution is -2.28. The van der Waals surface area contributed by atoms with E-state index in [-0.39, 0.29) is 6.10 Å². The highest BCUT2D eigenvalue weighted by Gasteiger charge is 2.21. The summed E-state index contributed by atoms with van der Waals surface area (Å²) < 4.78 is 2.80. The van der Waals surface area contributed by atoms with Crippen LogP contribution in [0.1, 0.15) is 25.7 Å². The first-order valence-electron chi connectivity index (χ1n) is 8.13. The second-order valence-electron chi connectivity index (χ2n) is 6.21. The number of rotatable bonds is 4. The molecule has 0 aliphatic heterocycles. The van der Waals surface area contributed by atoms with Crippen molar-refractivity contribution in [2.45, 2.75) is 37.8 Å². The predicted molar refractivity (Wildman–Crippen MR) is 95.8 cm³/mol. The molecule has 4 rings (SSSR count). The van der Waals surface area contributed by atoms with Crippen molar-refractivity contribution in [1.29, 1.82) is 0 Å². The van der Waals surface area contributed by atoms with Gasteiger partial charge < -0.3 is 15.7 Å². The standard InChI is InChI=1S/C16H20N6OS/c1-22-9-11(8-17-22)19-16-20-13-6-7-24-14(13)15(21-16)18-10-2-4-12(23)5-3-10/h6-10,12,23H,2-5H2,1H3,(H2,18,19,20,21)/t10-,12-. The molecule has 3 N–H and O–H groups in total. The van der Waals surface area contributed by atoms with E-state index in [4.69, 9.17) is 0 Å². The van der Waals surface area contributed by atoms with Gasteiger partial charge in [0.2, 0.25) is 5.95 Å². The lowest BCUT2D eigenvalue weighted by Gasteiger charge is -2.26. The molecular weight excluding hydrogens is 324 g/mol. The Morgan fingerprint density at radius 3 is 2.83 bits per heavy atom. The van der Waals surface area contributed by atoms with E-state index in [1.807, 2.05) is 24.7 Å². The van der Waals surface area contributed by atoms with Crippen molar-refractivity contribution < 1.29 is 5.11 Å². The van der Waals surface area contributed by atoms with Crippen LogP contribution in [0.5, 0.6) is 0 Å². The van der Waals surface area contributed by atoms with Gasteiger partial charge in [0.25, 0.3) is 0 Å². The average Bonchev–Trinajstić information content (AvgIpc) is 3.19. The molecule has 0 bridgehead atoms. The van der Waals surface area contributed by atoms with Crippen molar-refractivity contribution >= 4 is 39.0 Å². The molecule has 1 fully saturated rings. The molecule has 3 aromatic rings. The summed E-state index contributed by atoms with van der Waals surface area (Å²) in [5.74, 6) is 1.43. The zero-order valence-corrected chi connectivity index (χ0v) is 14.3. The predicted octanol–water partition coefficient (Wildman–Crippen LogP) is 2.88. The van der Waals surface area contributed by atoms with Crippen LogP contribution in [0.4, 0.5) is 17.5 Å². The molecular formula is C16H20N6OS. The molecule has 0 aromatic carbocycles. The van der Waals surface area contributed by atoms with Gasteiger partial charge in [0.1, 0.15) is 5.82 Å². The van der Waals surface area contributed by atoms with Crippen LogP contribution >= 0.6 is 11.3 Å². The van der Waals surface area contributed by atoms with E-state index in [1.54, 1.807) is 22.2 Å². The second-order valence-corrected chi connectivity index (χ2v) is 7.12. The number of nitrogens with zero attached hydrogens (tertiary/aromatic N) is 4. The molecule has 0 spiro atoms. The number of hydrogen-bond acceptors (Lipinski definition) is 7. The van der Waals surface area contributed by atoms with E-state index in [9.17, 15) is 5.11 Å². The van der Waals surface area contributed by atoms with Crippen molar-refractivity contribution in [3.05, 3.63) is 23.8 Å². The first-order chi connectivity index (χ1) is 11.7. The Morgan fingerprint density at radius 1 is 1.25 bits per heavy atom. The minimum absolute atomic E-state index is 0.155. The van der Waals surface area contributed by atoms with E-state index in [2.05, 4.69) is 25.7 Å². The topological polar surface area (TPSA) is 87.9 Å². The molecule has 8 heteroatoms. The van der Waals surface area contributed by atoms with Crippen molar-refractivity contribution in [3.63, 3.8) is 0 Å². The minimum atomic E-state index is -0.155. The van der Waals surface area contributed by atoms with Crippen LogP contribution in [0, 0.1) is 0 Å². The van der Waals surface area contributed by atoms with E-state index in [1.165, 1.54) is 0 Å².